The van der Waals surface area contributed by atoms with Gasteiger partial charge >= 0.3 is 0 Å². The molecule has 0 radical (unpaired) electrons. The number of hydrogen-bond donors (Lipinski definition) is 2. The molecular weight excluding hydrogens is 406 g/mol. The number of benzene rings is 1. The van der Waals surface area contributed by atoms with Crippen LogP contribution in [0.5, 0.6) is 0 Å². The Morgan fingerprint density at radius 3 is 2.53 bits per heavy atom. The second-order valence-electron chi connectivity index (χ2n) is 8.99. The van der Waals surface area contributed by atoms with Gasteiger partial charge in [-0.1, -0.05) is 50.9 Å². The Morgan fingerprint density at radius 1 is 1.28 bits per heavy atom. The molecule has 1 aromatic heterocycles. The number of likely N-dealkylation sites (tertiary alicyclic amines) is 1. The number of carbonyl (C=O) groups is 2. The smallest absolute Gasteiger partial charge is 0.243 e. The first kappa shape index (κ1) is 23.6. The van der Waals surface area contributed by atoms with Gasteiger partial charge in [-0.05, 0) is 29.5 Å². The van der Waals surface area contributed by atoms with E-state index in [4.69, 9.17) is 10.9 Å². The van der Waals surface area contributed by atoms with Crippen molar-refractivity contribution >= 4 is 11.8 Å². The third-order valence-electron chi connectivity index (χ3n) is 5.83. The molecule has 1 aromatic carbocycles. The molecule has 2 aromatic rings. The summed E-state index contributed by atoms with van der Waals surface area (Å²) in [6.45, 7) is 8.30. The second-order valence-corrected chi connectivity index (χ2v) is 8.99. The van der Waals surface area contributed by atoms with E-state index >= 15 is 0 Å². The van der Waals surface area contributed by atoms with Crippen LogP contribution in [-0.4, -0.2) is 45.7 Å². The number of carbonyl (C=O) groups excluding carboxylic acids is 2. The molecule has 0 saturated carbocycles. The fourth-order valence-corrected chi connectivity index (χ4v) is 3.97. The lowest BCUT2D eigenvalue weighted by Crippen LogP contribution is -2.48. The highest BCUT2D eigenvalue weighted by Gasteiger charge is 2.43. The van der Waals surface area contributed by atoms with Crippen LogP contribution in [0, 0.1) is 18.3 Å². The lowest BCUT2D eigenvalue weighted by atomic mass is 9.90. The molecule has 0 spiro atoms. The molecule has 2 amide bonds. The van der Waals surface area contributed by atoms with E-state index in [9.17, 15) is 14.7 Å². The maximum atomic E-state index is 13.5. The van der Waals surface area contributed by atoms with Crippen LogP contribution in [0.25, 0.3) is 0 Å². The van der Waals surface area contributed by atoms with Gasteiger partial charge in [0.15, 0.2) is 0 Å². The zero-order valence-electron chi connectivity index (χ0n) is 19.0. The Balaban J connectivity index is 1.74. The van der Waals surface area contributed by atoms with Gasteiger partial charge in [0.2, 0.25) is 11.8 Å². The molecule has 1 fully saturated rings. The van der Waals surface area contributed by atoms with Crippen molar-refractivity contribution in [2.45, 2.75) is 64.6 Å². The van der Waals surface area contributed by atoms with Gasteiger partial charge in [0.05, 0.1) is 11.8 Å². The zero-order valence-corrected chi connectivity index (χ0v) is 19.0. The van der Waals surface area contributed by atoms with E-state index in [2.05, 4.69) is 16.4 Å². The van der Waals surface area contributed by atoms with E-state index in [0.717, 1.165) is 16.8 Å². The number of aromatic nitrogens is 1. The Labute approximate surface area is 189 Å². The molecule has 32 heavy (non-hydrogen) atoms. The number of terminal acetylenes is 1. The first-order valence-corrected chi connectivity index (χ1v) is 11.0. The van der Waals surface area contributed by atoms with E-state index < -0.39 is 18.1 Å². The first-order valence-electron chi connectivity index (χ1n) is 11.0. The molecule has 0 bridgehead atoms. The van der Waals surface area contributed by atoms with E-state index in [1.807, 2.05) is 58.0 Å². The topological polar surface area (TPSA) is 95.7 Å². The third kappa shape index (κ3) is 5.20. The van der Waals surface area contributed by atoms with Gasteiger partial charge < -0.3 is 19.8 Å². The molecule has 0 aliphatic carbocycles. The number of β-amino-alcohol motifs (C(OH)–C–C–N with tert-alkyl or cyclic N) is 1. The van der Waals surface area contributed by atoms with E-state index in [0.29, 0.717) is 12.3 Å². The number of aliphatic hydroxyl groups excluding tert-OH is 1. The maximum absolute atomic E-state index is 13.5. The largest absolute Gasteiger partial charge is 0.391 e. The number of nitrogens with one attached hydrogen (secondary N) is 1. The van der Waals surface area contributed by atoms with Crippen molar-refractivity contribution in [1.82, 2.24) is 15.4 Å². The highest BCUT2D eigenvalue weighted by atomic mass is 16.5. The summed E-state index contributed by atoms with van der Waals surface area (Å²) in [6.07, 6.45) is 4.82. The molecule has 2 N–H and O–H groups in total. The summed E-state index contributed by atoms with van der Waals surface area (Å²) in [5.41, 5.74) is 2.45. The zero-order chi connectivity index (χ0) is 23.4. The monoisotopic (exact) mass is 437 g/mol. The van der Waals surface area contributed by atoms with Crippen molar-refractivity contribution in [1.29, 1.82) is 0 Å². The minimum Gasteiger partial charge on any atom is -0.391 e. The van der Waals surface area contributed by atoms with Crippen molar-refractivity contribution in [3.8, 4) is 12.3 Å². The third-order valence-corrected chi connectivity index (χ3v) is 5.83. The lowest BCUT2D eigenvalue weighted by molar-refractivity contribution is -0.141. The minimum absolute atomic E-state index is 0.0633. The minimum atomic E-state index is -0.752. The van der Waals surface area contributed by atoms with E-state index in [-0.39, 0.29) is 36.6 Å². The molecule has 170 valence electrons. The molecule has 2 heterocycles. The normalized spacial score (nSPS) is 19.2. The molecule has 7 heteroatoms. The number of hydrogen-bond acceptors (Lipinski definition) is 5. The quantitative estimate of drug-likeness (QED) is 0.650. The van der Waals surface area contributed by atoms with Crippen LogP contribution in [0.3, 0.4) is 0 Å². The fraction of sp³-hybridized carbons (Fsp3) is 0.480. The highest BCUT2D eigenvalue weighted by Crippen LogP contribution is 2.32. The molecule has 7 nitrogen and oxygen atoms in total. The Morgan fingerprint density at radius 2 is 1.97 bits per heavy atom. The standard InChI is InChI=1S/C25H31N3O4/c1-6-17-7-9-18(10-8-17)13-26-24(30)21-11-19(29)14-28(21)25(31)23(16(4)5)22-12-20(15(2)3)27-32-22/h1,7-10,12,15-16,19,21,23,29H,11,13-14H2,2-5H3,(H,26,30)/t19-,21+,23-/m1/s1. The van der Waals surface area contributed by atoms with Gasteiger partial charge in [-0.2, -0.15) is 0 Å². The van der Waals surface area contributed by atoms with Crippen molar-refractivity contribution in [2.75, 3.05) is 6.54 Å². The number of rotatable bonds is 7. The summed E-state index contributed by atoms with van der Waals surface area (Å²) in [7, 11) is 0. The van der Waals surface area contributed by atoms with Crippen LogP contribution in [0.15, 0.2) is 34.9 Å². The number of nitrogens with zero attached hydrogens (tertiary/aromatic N) is 2. The molecular formula is C25H31N3O4. The van der Waals surface area contributed by atoms with E-state index in [1.54, 1.807) is 0 Å². The van der Waals surface area contributed by atoms with E-state index in [1.165, 1.54) is 4.90 Å². The molecule has 3 rings (SSSR count). The van der Waals surface area contributed by atoms with Crippen molar-refractivity contribution in [2.24, 2.45) is 5.92 Å². The van der Waals surface area contributed by atoms with Crippen LogP contribution < -0.4 is 5.32 Å². The fourth-order valence-electron chi connectivity index (χ4n) is 3.97. The van der Waals surface area contributed by atoms with Crippen molar-refractivity contribution in [3.63, 3.8) is 0 Å². The predicted molar refractivity (Wildman–Crippen MR) is 121 cm³/mol. The molecule has 1 saturated heterocycles. The van der Waals surface area contributed by atoms with Gasteiger partial charge in [0.25, 0.3) is 0 Å². The summed E-state index contributed by atoms with van der Waals surface area (Å²) in [5, 5.41) is 17.2. The SMILES string of the molecule is C#Cc1ccc(CNC(=O)[C@@H]2C[C@@H](O)CN2C(=O)[C@@H](c2cc(C(C)C)no2)C(C)C)cc1. The van der Waals surface area contributed by atoms with Gasteiger partial charge in [-0.3, -0.25) is 9.59 Å². The first-order chi connectivity index (χ1) is 15.2. The van der Waals surface area contributed by atoms with Crippen LogP contribution in [0.4, 0.5) is 0 Å². The molecule has 1 aliphatic heterocycles. The lowest BCUT2D eigenvalue weighted by Gasteiger charge is -2.28. The van der Waals surface area contributed by atoms with Gasteiger partial charge in [-0.15, -0.1) is 6.42 Å². The second kappa shape index (κ2) is 10.0. The molecule has 3 atom stereocenters. The average molecular weight is 438 g/mol. The number of aliphatic hydroxyl groups is 1. The Hall–Kier alpha value is -3.11. The molecule has 1 aliphatic rings. The van der Waals surface area contributed by atoms with Crippen molar-refractivity contribution < 1.29 is 19.2 Å². The maximum Gasteiger partial charge on any atom is 0.243 e. The summed E-state index contributed by atoms with van der Waals surface area (Å²) in [4.78, 5) is 27.9. The summed E-state index contributed by atoms with van der Waals surface area (Å²) in [6, 6.07) is 8.41. The summed E-state index contributed by atoms with van der Waals surface area (Å²) < 4.78 is 5.50. The van der Waals surface area contributed by atoms with Gasteiger partial charge in [-0.25, -0.2) is 0 Å². The number of amides is 2. The predicted octanol–water partition coefficient (Wildman–Crippen LogP) is 2.80. The molecule has 0 unspecified atom stereocenters. The van der Waals surface area contributed by atoms with Gasteiger partial charge in [0.1, 0.15) is 17.7 Å². The van der Waals surface area contributed by atoms with Gasteiger partial charge in [0, 0.05) is 31.1 Å². The Kier molecular flexibility index (Phi) is 7.37. The highest BCUT2D eigenvalue weighted by molar-refractivity contribution is 5.91. The summed E-state index contributed by atoms with van der Waals surface area (Å²) >= 11 is 0. The van der Waals surface area contributed by atoms with Crippen molar-refractivity contribution in [3.05, 3.63) is 52.9 Å². The van der Waals surface area contributed by atoms with Crippen LogP contribution >= 0.6 is 0 Å². The van der Waals surface area contributed by atoms with Crippen LogP contribution in [-0.2, 0) is 16.1 Å². The summed E-state index contributed by atoms with van der Waals surface area (Å²) in [5.74, 6) is 2.06. The Bertz CT molecular complexity index is 987. The van der Waals surface area contributed by atoms with Crippen LogP contribution in [0.2, 0.25) is 0 Å². The van der Waals surface area contributed by atoms with Crippen LogP contribution in [0.1, 0.15) is 68.5 Å². The average Bonchev–Trinajstić information content (AvgIpc) is 3.39.